The number of hydrogen-bond donors (Lipinski definition) is 1. The lowest BCUT2D eigenvalue weighted by atomic mass is 9.93. The van der Waals surface area contributed by atoms with Crippen molar-refractivity contribution in [2.24, 2.45) is 5.41 Å². The van der Waals surface area contributed by atoms with Gasteiger partial charge in [-0.2, -0.15) is 0 Å². The van der Waals surface area contributed by atoms with Crippen LogP contribution in [0.5, 0.6) is 0 Å². The van der Waals surface area contributed by atoms with Crippen LogP contribution in [0, 0.1) is 12.3 Å². The van der Waals surface area contributed by atoms with Crippen LogP contribution >= 0.6 is 0 Å². The molecule has 2 aliphatic rings. The minimum absolute atomic E-state index is 0.0568. The van der Waals surface area contributed by atoms with E-state index in [0.29, 0.717) is 6.79 Å². The highest BCUT2D eigenvalue weighted by molar-refractivity contribution is 5.82. The van der Waals surface area contributed by atoms with Crippen molar-refractivity contribution in [2.45, 2.75) is 20.8 Å². The molecule has 22 heavy (non-hydrogen) atoms. The topological polar surface area (TPSA) is 34.2 Å². The molecule has 1 aliphatic carbocycles. The van der Waals surface area contributed by atoms with Gasteiger partial charge in [0.25, 0.3) is 0 Å². The molecule has 3 nitrogen and oxygen atoms in total. The Kier molecular flexibility index (Phi) is 3.80. The third-order valence-electron chi connectivity index (χ3n) is 3.74. The molecule has 0 saturated carbocycles. The molecule has 1 fully saturated rings. The van der Waals surface area contributed by atoms with Crippen molar-refractivity contribution >= 4 is 10.9 Å². The van der Waals surface area contributed by atoms with Gasteiger partial charge < -0.3 is 14.5 Å². The molecule has 1 aliphatic heterocycles. The van der Waals surface area contributed by atoms with Crippen LogP contribution < -0.4 is 0 Å². The number of benzene rings is 1. The monoisotopic (exact) mass is 295 g/mol. The summed E-state index contributed by atoms with van der Waals surface area (Å²) < 4.78 is 10.6. The molecule has 4 rings (SSSR count). The van der Waals surface area contributed by atoms with Crippen LogP contribution in [0.2, 0.25) is 0 Å². The van der Waals surface area contributed by atoms with Gasteiger partial charge in [-0.15, -0.1) is 0 Å². The molecule has 0 atom stereocenters. The number of nitrogens with one attached hydrogen (secondary N) is 1. The standard InChI is InChI=1S/C10H12O2.C9H9N/c1-10(2)5-3-4-8-9(6-10)12-7-11-8;1-7-6-10-9-5-3-2-4-8(7)9/h3-6H,7H2,1-2H3;2-6,10H,1H3. The molecule has 1 aromatic carbocycles. The predicted octanol–water partition coefficient (Wildman–Crippen LogP) is 4.83. The summed E-state index contributed by atoms with van der Waals surface area (Å²) in [5, 5.41) is 1.32. The number of para-hydroxylation sites is 1. The van der Waals surface area contributed by atoms with Gasteiger partial charge in [-0.25, -0.2) is 0 Å². The number of fused-ring (bicyclic) bond motifs is 2. The first-order valence-electron chi connectivity index (χ1n) is 7.46. The van der Waals surface area contributed by atoms with Crippen molar-refractivity contribution in [1.82, 2.24) is 4.98 Å². The number of H-pyrrole nitrogens is 1. The summed E-state index contributed by atoms with van der Waals surface area (Å²) in [4.78, 5) is 3.19. The van der Waals surface area contributed by atoms with Gasteiger partial charge in [0, 0.05) is 22.5 Å². The number of rotatable bonds is 0. The predicted molar refractivity (Wildman–Crippen MR) is 89.2 cm³/mol. The van der Waals surface area contributed by atoms with Crippen LogP contribution in [0.25, 0.3) is 10.9 Å². The zero-order chi connectivity index (χ0) is 15.6. The van der Waals surface area contributed by atoms with Crippen molar-refractivity contribution in [2.75, 3.05) is 6.79 Å². The fourth-order valence-corrected chi connectivity index (χ4v) is 2.53. The lowest BCUT2D eigenvalue weighted by Gasteiger charge is -2.13. The molecule has 1 saturated heterocycles. The third-order valence-corrected chi connectivity index (χ3v) is 3.74. The minimum atomic E-state index is 0.0568. The van der Waals surface area contributed by atoms with Gasteiger partial charge in [-0.05, 0) is 30.7 Å². The largest absolute Gasteiger partial charge is 0.454 e. The number of aromatic amines is 1. The van der Waals surface area contributed by atoms with Crippen LogP contribution in [0.1, 0.15) is 19.4 Å². The molecular formula is C19H21NO2. The maximum atomic E-state index is 5.30. The first-order valence-corrected chi connectivity index (χ1v) is 7.46. The quantitative estimate of drug-likeness (QED) is 0.755. The number of aryl methyl sites for hydroxylation is 1. The van der Waals surface area contributed by atoms with Gasteiger partial charge in [0.05, 0.1) is 0 Å². The Morgan fingerprint density at radius 2 is 1.86 bits per heavy atom. The van der Waals surface area contributed by atoms with Crippen molar-refractivity contribution in [3.63, 3.8) is 0 Å². The Bertz CT molecular complexity index is 763. The van der Waals surface area contributed by atoms with E-state index in [1.807, 2.05) is 24.4 Å². The summed E-state index contributed by atoms with van der Waals surface area (Å²) in [6, 6.07) is 8.31. The van der Waals surface area contributed by atoms with Crippen molar-refractivity contribution in [3.8, 4) is 0 Å². The zero-order valence-electron chi connectivity index (χ0n) is 13.2. The van der Waals surface area contributed by atoms with Gasteiger partial charge in [0.1, 0.15) is 0 Å². The minimum Gasteiger partial charge on any atom is -0.454 e. The first-order chi connectivity index (χ1) is 10.6. The summed E-state index contributed by atoms with van der Waals surface area (Å²) in [6.45, 7) is 6.73. The molecule has 0 unspecified atom stereocenters. The second kappa shape index (κ2) is 5.76. The molecule has 0 amide bonds. The average molecular weight is 295 g/mol. The lowest BCUT2D eigenvalue weighted by Crippen LogP contribution is -2.03. The van der Waals surface area contributed by atoms with Gasteiger partial charge >= 0.3 is 0 Å². The average Bonchev–Trinajstić information content (AvgIpc) is 3.04. The van der Waals surface area contributed by atoms with E-state index in [1.54, 1.807) is 0 Å². The number of hydrogen-bond acceptors (Lipinski definition) is 2. The van der Waals surface area contributed by atoms with E-state index in [4.69, 9.17) is 9.47 Å². The summed E-state index contributed by atoms with van der Waals surface area (Å²) in [7, 11) is 0. The summed E-state index contributed by atoms with van der Waals surface area (Å²) in [5.74, 6) is 1.71. The van der Waals surface area contributed by atoms with Gasteiger partial charge in [0.15, 0.2) is 11.5 Å². The Balaban J connectivity index is 0.000000133. The van der Waals surface area contributed by atoms with Crippen LogP contribution in [0.3, 0.4) is 0 Å². The fraction of sp³-hybridized carbons (Fsp3) is 0.263. The molecule has 1 aromatic heterocycles. The van der Waals surface area contributed by atoms with Gasteiger partial charge in [-0.3, -0.25) is 0 Å². The van der Waals surface area contributed by atoms with Gasteiger partial charge in [-0.1, -0.05) is 44.2 Å². The zero-order valence-corrected chi connectivity index (χ0v) is 13.2. The maximum Gasteiger partial charge on any atom is 0.231 e. The Morgan fingerprint density at radius 1 is 1.09 bits per heavy atom. The van der Waals surface area contributed by atoms with Gasteiger partial charge in [0.2, 0.25) is 6.79 Å². The molecule has 0 bridgehead atoms. The molecule has 2 aromatic rings. The Labute approximate surface area is 130 Å². The number of ether oxygens (including phenoxy) is 2. The molecule has 2 heterocycles. The lowest BCUT2D eigenvalue weighted by molar-refractivity contribution is 0.0969. The van der Waals surface area contributed by atoms with E-state index in [9.17, 15) is 0 Å². The fourth-order valence-electron chi connectivity index (χ4n) is 2.53. The summed E-state index contributed by atoms with van der Waals surface area (Å²) >= 11 is 0. The molecule has 0 radical (unpaired) electrons. The van der Waals surface area contributed by atoms with Crippen LogP contribution in [-0.2, 0) is 9.47 Å². The van der Waals surface area contributed by atoms with E-state index < -0.39 is 0 Å². The first kappa shape index (κ1) is 14.5. The third kappa shape index (κ3) is 3.08. The number of aromatic nitrogens is 1. The highest BCUT2D eigenvalue weighted by Crippen LogP contribution is 2.31. The van der Waals surface area contributed by atoms with Crippen molar-refractivity contribution in [1.29, 1.82) is 0 Å². The van der Waals surface area contributed by atoms with Crippen LogP contribution in [0.15, 0.2) is 66.3 Å². The molecular weight excluding hydrogens is 274 g/mol. The van der Waals surface area contributed by atoms with Crippen molar-refractivity contribution < 1.29 is 9.47 Å². The van der Waals surface area contributed by atoms with E-state index in [1.165, 1.54) is 16.5 Å². The van der Waals surface area contributed by atoms with E-state index >= 15 is 0 Å². The summed E-state index contributed by atoms with van der Waals surface area (Å²) in [5.41, 5.74) is 2.59. The SMILES string of the molecule is CC1(C)C=CC=C2OCOC2=C1.Cc1c[nH]c2ccccc12. The summed E-state index contributed by atoms with van der Waals surface area (Å²) in [6.07, 6.45) is 10.2. The molecule has 0 spiro atoms. The Morgan fingerprint density at radius 3 is 2.68 bits per heavy atom. The smallest absolute Gasteiger partial charge is 0.231 e. The normalized spacial score (nSPS) is 18.1. The molecule has 1 N–H and O–H groups in total. The van der Waals surface area contributed by atoms with E-state index in [0.717, 1.165) is 11.5 Å². The van der Waals surface area contributed by atoms with E-state index in [2.05, 4.69) is 56.1 Å². The highest BCUT2D eigenvalue weighted by Gasteiger charge is 2.22. The Hall–Kier alpha value is -2.42. The van der Waals surface area contributed by atoms with Crippen LogP contribution in [0.4, 0.5) is 0 Å². The molecule has 3 heteroatoms. The van der Waals surface area contributed by atoms with Crippen molar-refractivity contribution in [3.05, 3.63) is 71.8 Å². The number of allylic oxidation sites excluding steroid dienone is 4. The van der Waals surface area contributed by atoms with Crippen LogP contribution in [-0.4, -0.2) is 11.8 Å². The van der Waals surface area contributed by atoms with E-state index in [-0.39, 0.29) is 5.41 Å². The molecule has 114 valence electrons. The second-order valence-electron chi connectivity index (χ2n) is 6.14. The second-order valence-corrected chi connectivity index (χ2v) is 6.14. The highest BCUT2D eigenvalue weighted by atomic mass is 16.7. The maximum absolute atomic E-state index is 5.30.